The third-order valence-corrected chi connectivity index (χ3v) is 11.8. The molecule has 3 unspecified atom stereocenters. The topological polar surface area (TPSA) is 195 Å². The number of aliphatic hydroxyl groups is 1. The number of carbonyl (C=O) groups excluding carboxylic acids is 2. The average molecular weight is 957 g/mol. The van der Waals surface area contributed by atoms with Gasteiger partial charge in [-0.3, -0.25) is 4.79 Å². The van der Waals surface area contributed by atoms with Gasteiger partial charge in [-0.15, -0.1) is 0 Å². The summed E-state index contributed by atoms with van der Waals surface area (Å²) in [5, 5.41) is 13.1. The van der Waals surface area contributed by atoms with Gasteiger partial charge in [0.15, 0.2) is 0 Å². The average Bonchev–Trinajstić information content (AvgIpc) is 3.73. The van der Waals surface area contributed by atoms with Gasteiger partial charge in [0.05, 0.1) is 59.8 Å². The van der Waals surface area contributed by atoms with Crippen LogP contribution in [0.25, 0.3) is 11.1 Å². The Bertz CT molecular complexity index is 2510. The Kier molecular flexibility index (Phi) is 21.2. The Morgan fingerprint density at radius 2 is 1.03 bits per heavy atom. The molecule has 14 heteroatoms. The van der Waals surface area contributed by atoms with Gasteiger partial charge in [-0.2, -0.15) is 0 Å². The molecule has 0 heterocycles. The molecule has 3 atom stereocenters. The van der Waals surface area contributed by atoms with Crippen LogP contribution in [0.15, 0.2) is 133 Å². The van der Waals surface area contributed by atoms with Gasteiger partial charge < -0.3 is 60.4 Å². The van der Waals surface area contributed by atoms with Crippen LogP contribution in [0.1, 0.15) is 84.5 Å². The number of amides is 2. The number of methoxy groups -OCH3 is 4. The number of hydrogen-bond donors (Lipinski definition) is 5. The maximum atomic E-state index is 13.2. The third kappa shape index (κ3) is 13.9. The standard InChI is InChI=1S/C32H31NO5.C23H33N3O4.CH4O/c1-4-37-22-15-13-21(14-16-22)31(28-18-17-23(35-2)19-30(28)36-3)33-32(34)38-20-29-26-11-7-5-9-24(26)25-10-6-8-12-27(25)29;1-4-30-17-10-8-16(9-11-17)22(26-23(27)20(25)7-5-6-14-24)19-13-12-18(28-2)15-21(19)29-3;1-2/h5-19,29,31H,4,20H2,1-3H3,(H,33,34);8-13,15,20,22H,4-7,14,24-25H2,1-3H3,(H,26,27);2H,1H3. The quantitative estimate of drug-likeness (QED) is 0.0430. The molecule has 7 rings (SSSR count). The molecule has 0 bridgehead atoms. The minimum Gasteiger partial charge on any atom is -0.497 e. The van der Waals surface area contributed by atoms with Gasteiger partial charge in [-0.05, 0) is 115 Å². The molecule has 6 aromatic carbocycles. The molecular weight excluding hydrogens is 889 g/mol. The monoisotopic (exact) mass is 956 g/mol. The third-order valence-electron chi connectivity index (χ3n) is 11.8. The molecule has 0 saturated carbocycles. The van der Waals surface area contributed by atoms with Crippen molar-refractivity contribution in [1.82, 2.24) is 10.6 Å². The first kappa shape index (κ1) is 53.7. The zero-order chi connectivity index (χ0) is 50.4. The predicted molar refractivity (Wildman–Crippen MR) is 273 cm³/mol. The van der Waals surface area contributed by atoms with E-state index in [1.54, 1.807) is 40.6 Å². The summed E-state index contributed by atoms with van der Waals surface area (Å²) in [6.45, 7) is 5.86. The normalized spacial score (nSPS) is 12.4. The van der Waals surface area contributed by atoms with Gasteiger partial charge >= 0.3 is 6.09 Å². The van der Waals surface area contributed by atoms with E-state index in [0.717, 1.165) is 53.7 Å². The molecule has 2 amide bonds. The highest BCUT2D eigenvalue weighted by atomic mass is 16.5. The van der Waals surface area contributed by atoms with Gasteiger partial charge in [-0.1, -0.05) is 79.2 Å². The molecule has 0 radical (unpaired) electrons. The molecule has 0 aromatic heterocycles. The maximum absolute atomic E-state index is 13.2. The number of rotatable bonds is 21. The lowest BCUT2D eigenvalue weighted by Crippen LogP contribution is -2.42. The fraction of sp³-hybridized carbons (Fsp3) is 0.321. The van der Waals surface area contributed by atoms with E-state index in [2.05, 4.69) is 34.9 Å². The number of alkyl carbamates (subject to hydrolysis) is 1. The van der Waals surface area contributed by atoms with Crippen LogP contribution in [0.4, 0.5) is 4.79 Å². The molecule has 0 spiro atoms. The number of aliphatic hydroxyl groups excluding tert-OH is 1. The van der Waals surface area contributed by atoms with Crippen LogP contribution in [0.5, 0.6) is 34.5 Å². The van der Waals surface area contributed by atoms with E-state index >= 15 is 0 Å². The second-order valence-electron chi connectivity index (χ2n) is 16.0. The first-order valence-electron chi connectivity index (χ1n) is 23.4. The molecule has 7 N–H and O–H groups in total. The number of ether oxygens (including phenoxy) is 7. The van der Waals surface area contributed by atoms with Crippen molar-refractivity contribution in [2.24, 2.45) is 11.5 Å². The summed E-state index contributed by atoms with van der Waals surface area (Å²) in [6.07, 6.45) is 1.72. The zero-order valence-electron chi connectivity index (χ0n) is 41.2. The molecule has 0 fully saturated rings. The van der Waals surface area contributed by atoms with Crippen LogP contribution >= 0.6 is 0 Å². The van der Waals surface area contributed by atoms with Crippen molar-refractivity contribution in [2.75, 3.05) is 61.9 Å². The van der Waals surface area contributed by atoms with Crippen LogP contribution < -0.4 is 50.5 Å². The lowest BCUT2D eigenvalue weighted by molar-refractivity contribution is -0.123. The van der Waals surface area contributed by atoms with Crippen molar-refractivity contribution < 1.29 is 47.9 Å². The zero-order valence-corrected chi connectivity index (χ0v) is 41.2. The van der Waals surface area contributed by atoms with Gasteiger partial charge in [-0.25, -0.2) is 4.79 Å². The largest absolute Gasteiger partial charge is 0.497 e. The van der Waals surface area contributed by atoms with Crippen molar-refractivity contribution >= 4 is 12.0 Å². The predicted octanol–water partition coefficient (Wildman–Crippen LogP) is 9.10. The van der Waals surface area contributed by atoms with Crippen LogP contribution in [0.3, 0.4) is 0 Å². The second kappa shape index (κ2) is 27.7. The summed E-state index contributed by atoms with van der Waals surface area (Å²) < 4.78 is 38.9. The molecule has 14 nitrogen and oxygen atoms in total. The van der Waals surface area contributed by atoms with E-state index in [4.69, 9.17) is 49.7 Å². The Morgan fingerprint density at radius 3 is 1.46 bits per heavy atom. The maximum Gasteiger partial charge on any atom is 0.407 e. The van der Waals surface area contributed by atoms with E-state index in [1.807, 2.05) is 111 Å². The van der Waals surface area contributed by atoms with E-state index in [9.17, 15) is 9.59 Å². The Morgan fingerprint density at radius 1 is 0.586 bits per heavy atom. The van der Waals surface area contributed by atoms with Gasteiger partial charge in [0, 0.05) is 36.3 Å². The molecule has 70 heavy (non-hydrogen) atoms. The molecule has 372 valence electrons. The van der Waals surface area contributed by atoms with Crippen LogP contribution in [0.2, 0.25) is 0 Å². The fourth-order valence-electron chi connectivity index (χ4n) is 8.29. The fourth-order valence-corrected chi connectivity index (χ4v) is 8.29. The molecule has 1 aliphatic rings. The van der Waals surface area contributed by atoms with Crippen LogP contribution in [0, 0.1) is 0 Å². The number of carbonyl (C=O) groups is 2. The minimum absolute atomic E-state index is 0.0207. The van der Waals surface area contributed by atoms with E-state index in [0.29, 0.717) is 49.2 Å². The number of hydrogen-bond acceptors (Lipinski definition) is 12. The van der Waals surface area contributed by atoms with E-state index in [-0.39, 0.29) is 18.4 Å². The Labute approximate surface area is 412 Å². The van der Waals surface area contributed by atoms with Crippen molar-refractivity contribution in [2.45, 2.75) is 57.2 Å². The van der Waals surface area contributed by atoms with Crippen molar-refractivity contribution in [3.63, 3.8) is 0 Å². The van der Waals surface area contributed by atoms with Gasteiger partial charge in [0.2, 0.25) is 5.91 Å². The molecule has 0 saturated heterocycles. The lowest BCUT2D eigenvalue weighted by atomic mass is 9.96. The van der Waals surface area contributed by atoms with E-state index in [1.165, 1.54) is 22.3 Å². The number of unbranched alkanes of at least 4 members (excludes halogenated alkanes) is 1. The number of nitrogens with one attached hydrogen (secondary N) is 2. The molecule has 1 aliphatic carbocycles. The summed E-state index contributed by atoms with van der Waals surface area (Å²) >= 11 is 0. The van der Waals surface area contributed by atoms with Crippen LogP contribution in [-0.2, 0) is 9.53 Å². The molecule has 6 aromatic rings. The minimum atomic E-state index is -0.606. The SMILES string of the molecule is CCOc1ccc(C(NC(=O)C(N)CCCCN)c2ccc(OC)cc2OC)cc1.CCOc1ccc(C(NC(=O)OCC2c3ccccc3-c3ccccc32)c2ccc(OC)cc2OC)cc1.CO. The summed E-state index contributed by atoms with van der Waals surface area (Å²) in [7, 11) is 7.39. The highest BCUT2D eigenvalue weighted by Gasteiger charge is 2.30. The van der Waals surface area contributed by atoms with Crippen LogP contribution in [-0.4, -0.2) is 85.1 Å². The van der Waals surface area contributed by atoms with Crippen molar-refractivity contribution in [3.8, 4) is 45.6 Å². The Balaban J connectivity index is 0.000000259. The first-order chi connectivity index (χ1) is 34.2. The van der Waals surface area contributed by atoms with Crippen molar-refractivity contribution in [1.29, 1.82) is 0 Å². The summed E-state index contributed by atoms with van der Waals surface area (Å²) in [5.74, 6) is 3.84. The smallest absolute Gasteiger partial charge is 0.407 e. The summed E-state index contributed by atoms with van der Waals surface area (Å²) in [4.78, 5) is 26.1. The molecule has 0 aliphatic heterocycles. The highest BCUT2D eigenvalue weighted by molar-refractivity contribution is 5.82. The van der Waals surface area contributed by atoms with Gasteiger partial charge in [0.25, 0.3) is 0 Å². The number of fused-ring (bicyclic) bond motifs is 3. The molecular formula is C56H68N4O10. The second-order valence-corrected chi connectivity index (χ2v) is 16.0. The van der Waals surface area contributed by atoms with Crippen molar-refractivity contribution in [3.05, 3.63) is 167 Å². The first-order valence-corrected chi connectivity index (χ1v) is 23.4. The number of nitrogens with two attached hydrogens (primary N) is 2. The number of benzene rings is 6. The summed E-state index contributed by atoms with van der Waals surface area (Å²) in [6, 6.07) is 41.3. The van der Waals surface area contributed by atoms with E-state index < -0.39 is 24.2 Å². The lowest BCUT2D eigenvalue weighted by Gasteiger charge is -2.24. The van der Waals surface area contributed by atoms with Gasteiger partial charge in [0.1, 0.15) is 41.1 Å². The summed E-state index contributed by atoms with van der Waals surface area (Å²) in [5.41, 5.74) is 19.7. The Hall–Kier alpha value is -7.26. The highest BCUT2D eigenvalue weighted by Crippen LogP contribution is 2.45.